The molecular weight excluding hydrogens is 250 g/mol. The molecule has 2 rings (SSSR count). The van der Waals surface area contributed by atoms with Gasteiger partial charge in [-0.15, -0.1) is 0 Å². The van der Waals surface area contributed by atoms with E-state index in [0.29, 0.717) is 6.54 Å². The minimum absolute atomic E-state index is 0.0557. The van der Waals surface area contributed by atoms with Crippen molar-refractivity contribution in [3.63, 3.8) is 0 Å². The van der Waals surface area contributed by atoms with Crippen molar-refractivity contribution in [2.45, 2.75) is 19.4 Å². The fourth-order valence-corrected chi connectivity index (χ4v) is 2.48. The smallest absolute Gasteiger partial charge is 0.220 e. The van der Waals surface area contributed by atoms with Gasteiger partial charge >= 0.3 is 0 Å². The van der Waals surface area contributed by atoms with Crippen LogP contribution < -0.4 is 11.5 Å². The quantitative estimate of drug-likeness (QED) is 0.795. The summed E-state index contributed by atoms with van der Waals surface area (Å²) in [7, 11) is 0. The molecule has 1 aromatic carbocycles. The van der Waals surface area contributed by atoms with E-state index in [2.05, 4.69) is 28.9 Å². The Morgan fingerprint density at radius 3 is 2.45 bits per heavy atom. The molecule has 1 fully saturated rings. The molecule has 106 valence electrons. The number of amides is 1. The van der Waals surface area contributed by atoms with E-state index < -0.39 is 0 Å². The predicted molar refractivity (Wildman–Crippen MR) is 79.6 cm³/mol. The van der Waals surface area contributed by atoms with Gasteiger partial charge in [-0.3, -0.25) is 9.69 Å². The number of primary amides is 1. The summed E-state index contributed by atoms with van der Waals surface area (Å²) in [6.07, 6.45) is 1.74. The third-order valence-corrected chi connectivity index (χ3v) is 3.68. The number of nitrogens with zero attached hydrogens (tertiary/aromatic N) is 1. The Balaban J connectivity index is 1.87. The van der Waals surface area contributed by atoms with Crippen LogP contribution >= 0.6 is 0 Å². The van der Waals surface area contributed by atoms with Gasteiger partial charge in [-0.1, -0.05) is 24.0 Å². The molecule has 0 bridgehead atoms. The second-order valence-corrected chi connectivity index (χ2v) is 5.16. The Labute approximate surface area is 120 Å². The van der Waals surface area contributed by atoms with Crippen LogP contribution in [-0.2, 0) is 11.3 Å². The second kappa shape index (κ2) is 7.09. The number of likely N-dealkylation sites (tertiary alicyclic amines) is 1. The molecule has 1 amide bonds. The highest BCUT2D eigenvalue weighted by molar-refractivity contribution is 5.76. The van der Waals surface area contributed by atoms with Gasteiger partial charge < -0.3 is 11.5 Å². The van der Waals surface area contributed by atoms with Crippen LogP contribution in [-0.4, -0.2) is 30.4 Å². The van der Waals surface area contributed by atoms with Crippen molar-refractivity contribution >= 4 is 5.91 Å². The van der Waals surface area contributed by atoms with Gasteiger partial charge in [0.05, 0.1) is 6.54 Å². The van der Waals surface area contributed by atoms with Crippen LogP contribution in [0, 0.1) is 17.8 Å². The molecule has 1 heterocycles. The number of rotatable bonds is 3. The lowest BCUT2D eigenvalue weighted by Crippen LogP contribution is -2.38. The number of benzene rings is 1. The van der Waals surface area contributed by atoms with Crippen LogP contribution in [0.3, 0.4) is 0 Å². The molecule has 0 spiro atoms. The van der Waals surface area contributed by atoms with Crippen molar-refractivity contribution in [3.05, 3.63) is 35.4 Å². The largest absolute Gasteiger partial charge is 0.369 e. The van der Waals surface area contributed by atoms with E-state index in [1.54, 1.807) is 0 Å². The molecule has 4 nitrogen and oxygen atoms in total. The Bertz CT molecular complexity index is 505. The summed E-state index contributed by atoms with van der Waals surface area (Å²) >= 11 is 0. The maximum absolute atomic E-state index is 11.1. The molecule has 0 unspecified atom stereocenters. The highest BCUT2D eigenvalue weighted by atomic mass is 16.1. The van der Waals surface area contributed by atoms with Crippen molar-refractivity contribution in [2.75, 3.05) is 19.6 Å². The summed E-state index contributed by atoms with van der Waals surface area (Å²) in [6, 6.07) is 8.24. The molecule has 1 aliphatic rings. The SMILES string of the molecule is NCC#Cc1ccc(CN2CCC(C(N)=O)CC2)cc1. The lowest BCUT2D eigenvalue weighted by molar-refractivity contribution is -0.123. The maximum atomic E-state index is 11.1. The van der Waals surface area contributed by atoms with Gasteiger partial charge in [-0.05, 0) is 43.6 Å². The number of hydrogen-bond acceptors (Lipinski definition) is 3. The van der Waals surface area contributed by atoms with E-state index in [1.165, 1.54) is 5.56 Å². The molecule has 0 saturated carbocycles. The van der Waals surface area contributed by atoms with Gasteiger partial charge in [-0.25, -0.2) is 0 Å². The minimum Gasteiger partial charge on any atom is -0.369 e. The number of nitrogens with two attached hydrogens (primary N) is 2. The average Bonchev–Trinajstić information content (AvgIpc) is 2.47. The Morgan fingerprint density at radius 1 is 1.25 bits per heavy atom. The van der Waals surface area contributed by atoms with Crippen molar-refractivity contribution in [1.82, 2.24) is 4.90 Å². The molecule has 1 aliphatic heterocycles. The van der Waals surface area contributed by atoms with Gasteiger partial charge in [0.15, 0.2) is 0 Å². The molecule has 20 heavy (non-hydrogen) atoms. The van der Waals surface area contributed by atoms with Crippen LogP contribution in [0.1, 0.15) is 24.0 Å². The van der Waals surface area contributed by atoms with Gasteiger partial charge in [0.1, 0.15) is 0 Å². The normalized spacial score (nSPS) is 16.4. The summed E-state index contributed by atoms with van der Waals surface area (Å²) in [5, 5.41) is 0. The van der Waals surface area contributed by atoms with E-state index in [0.717, 1.165) is 38.0 Å². The average molecular weight is 271 g/mol. The van der Waals surface area contributed by atoms with Crippen molar-refractivity contribution in [3.8, 4) is 11.8 Å². The molecule has 0 aliphatic carbocycles. The number of carbonyl (C=O) groups excluding carboxylic acids is 1. The third-order valence-electron chi connectivity index (χ3n) is 3.68. The molecule has 4 heteroatoms. The first kappa shape index (κ1) is 14.6. The molecule has 4 N–H and O–H groups in total. The van der Waals surface area contributed by atoms with Crippen LogP contribution in [0.15, 0.2) is 24.3 Å². The molecule has 0 aromatic heterocycles. The summed E-state index contributed by atoms with van der Waals surface area (Å²) in [6.45, 7) is 3.16. The maximum Gasteiger partial charge on any atom is 0.220 e. The molecule has 1 saturated heterocycles. The minimum atomic E-state index is -0.160. The lowest BCUT2D eigenvalue weighted by atomic mass is 9.96. The van der Waals surface area contributed by atoms with E-state index in [1.807, 2.05) is 12.1 Å². The highest BCUT2D eigenvalue weighted by Crippen LogP contribution is 2.18. The zero-order chi connectivity index (χ0) is 14.4. The van der Waals surface area contributed by atoms with Crippen LogP contribution in [0.4, 0.5) is 0 Å². The first-order valence-corrected chi connectivity index (χ1v) is 6.98. The summed E-state index contributed by atoms with van der Waals surface area (Å²) < 4.78 is 0. The standard InChI is InChI=1S/C16H21N3O/c17-9-1-2-13-3-5-14(6-4-13)12-19-10-7-15(8-11-19)16(18)20/h3-6,15H,7-12,17H2,(H2,18,20). The van der Waals surface area contributed by atoms with Gasteiger partial charge in [0.2, 0.25) is 5.91 Å². The molecule has 1 aromatic rings. The predicted octanol–water partition coefficient (Wildman–Crippen LogP) is 0.694. The lowest BCUT2D eigenvalue weighted by Gasteiger charge is -2.30. The first-order chi connectivity index (χ1) is 9.69. The molecule has 0 atom stereocenters. The van der Waals surface area contributed by atoms with Gasteiger partial charge in [0, 0.05) is 18.0 Å². The van der Waals surface area contributed by atoms with Gasteiger partial charge in [0.25, 0.3) is 0 Å². The van der Waals surface area contributed by atoms with Crippen molar-refractivity contribution in [2.24, 2.45) is 17.4 Å². The number of piperidine rings is 1. The number of carbonyl (C=O) groups is 1. The summed E-state index contributed by atoms with van der Waals surface area (Å²) in [5.74, 6) is 5.75. The molecular formula is C16H21N3O. The van der Waals surface area contributed by atoms with E-state index in [4.69, 9.17) is 11.5 Å². The van der Waals surface area contributed by atoms with Crippen LogP contribution in [0.25, 0.3) is 0 Å². The third kappa shape index (κ3) is 4.09. The summed E-state index contributed by atoms with van der Waals surface area (Å²) in [4.78, 5) is 13.5. The Kier molecular flexibility index (Phi) is 5.16. The van der Waals surface area contributed by atoms with Crippen molar-refractivity contribution in [1.29, 1.82) is 0 Å². The zero-order valence-corrected chi connectivity index (χ0v) is 11.6. The Hall–Kier alpha value is -1.83. The fraction of sp³-hybridized carbons (Fsp3) is 0.438. The molecule has 0 radical (unpaired) electrons. The Morgan fingerprint density at radius 2 is 1.90 bits per heavy atom. The van der Waals surface area contributed by atoms with Crippen LogP contribution in [0.2, 0.25) is 0 Å². The second-order valence-electron chi connectivity index (χ2n) is 5.16. The topological polar surface area (TPSA) is 72.3 Å². The van der Waals surface area contributed by atoms with Gasteiger partial charge in [-0.2, -0.15) is 0 Å². The van der Waals surface area contributed by atoms with E-state index in [9.17, 15) is 4.79 Å². The van der Waals surface area contributed by atoms with E-state index in [-0.39, 0.29) is 11.8 Å². The van der Waals surface area contributed by atoms with Crippen molar-refractivity contribution < 1.29 is 4.79 Å². The van der Waals surface area contributed by atoms with E-state index >= 15 is 0 Å². The number of hydrogen-bond donors (Lipinski definition) is 2. The monoisotopic (exact) mass is 271 g/mol. The zero-order valence-electron chi connectivity index (χ0n) is 11.6. The van der Waals surface area contributed by atoms with Crippen LogP contribution in [0.5, 0.6) is 0 Å². The fourth-order valence-electron chi connectivity index (χ4n) is 2.48. The highest BCUT2D eigenvalue weighted by Gasteiger charge is 2.22. The summed E-state index contributed by atoms with van der Waals surface area (Å²) in [5.41, 5.74) is 12.9. The first-order valence-electron chi connectivity index (χ1n) is 6.98.